The van der Waals surface area contributed by atoms with E-state index in [4.69, 9.17) is 4.74 Å². The van der Waals surface area contributed by atoms with Gasteiger partial charge in [-0.3, -0.25) is 4.79 Å². The number of ether oxygens (including phenoxy) is 1. The SMILES string of the molecule is CN1C(=NC(=O)COc2ccccc2)S[C@H]2CS(=O)(=O)C[C@@H]21. The minimum atomic E-state index is -2.96. The van der Waals surface area contributed by atoms with Crippen molar-refractivity contribution in [1.29, 1.82) is 0 Å². The lowest BCUT2D eigenvalue weighted by molar-refractivity contribution is -0.119. The highest BCUT2D eigenvalue weighted by Crippen LogP contribution is 2.36. The number of aliphatic imine (C=N–C) groups is 1. The summed E-state index contributed by atoms with van der Waals surface area (Å²) in [7, 11) is -1.18. The van der Waals surface area contributed by atoms with Crippen molar-refractivity contribution in [3.8, 4) is 5.75 Å². The number of fused-ring (bicyclic) bond motifs is 1. The minimum Gasteiger partial charge on any atom is -0.484 e. The number of amidine groups is 1. The van der Waals surface area contributed by atoms with Crippen molar-refractivity contribution in [3.63, 3.8) is 0 Å². The zero-order valence-corrected chi connectivity index (χ0v) is 13.6. The summed E-state index contributed by atoms with van der Waals surface area (Å²) in [6, 6.07) is 8.97. The van der Waals surface area contributed by atoms with E-state index in [1.807, 2.05) is 18.2 Å². The molecule has 2 aliphatic heterocycles. The Morgan fingerprint density at radius 2 is 2.09 bits per heavy atom. The van der Waals surface area contributed by atoms with Crippen LogP contribution < -0.4 is 4.74 Å². The molecule has 1 aromatic carbocycles. The van der Waals surface area contributed by atoms with E-state index in [9.17, 15) is 13.2 Å². The third kappa shape index (κ3) is 3.27. The Bertz CT molecular complexity index is 703. The number of amides is 1. The van der Waals surface area contributed by atoms with Crippen molar-refractivity contribution in [1.82, 2.24) is 4.90 Å². The second kappa shape index (κ2) is 5.92. The van der Waals surface area contributed by atoms with Gasteiger partial charge < -0.3 is 9.64 Å². The van der Waals surface area contributed by atoms with E-state index < -0.39 is 9.84 Å². The van der Waals surface area contributed by atoms with E-state index in [1.165, 1.54) is 11.8 Å². The molecule has 0 N–H and O–H groups in total. The van der Waals surface area contributed by atoms with Crippen molar-refractivity contribution in [2.45, 2.75) is 11.3 Å². The first-order chi connectivity index (χ1) is 10.4. The summed E-state index contributed by atoms with van der Waals surface area (Å²) >= 11 is 1.36. The fourth-order valence-corrected chi connectivity index (χ4v) is 6.55. The zero-order chi connectivity index (χ0) is 15.7. The highest BCUT2D eigenvalue weighted by Gasteiger charge is 2.47. The first-order valence-corrected chi connectivity index (χ1v) is 9.54. The maximum atomic E-state index is 11.9. The van der Waals surface area contributed by atoms with Crippen LogP contribution in [0.15, 0.2) is 35.3 Å². The molecule has 6 nitrogen and oxygen atoms in total. The molecule has 118 valence electrons. The summed E-state index contributed by atoms with van der Waals surface area (Å²) in [6.45, 7) is -0.129. The number of hydrogen-bond donors (Lipinski definition) is 0. The van der Waals surface area contributed by atoms with Gasteiger partial charge in [-0.25, -0.2) is 8.42 Å². The van der Waals surface area contributed by atoms with Gasteiger partial charge in [-0.2, -0.15) is 4.99 Å². The molecule has 0 aromatic heterocycles. The van der Waals surface area contributed by atoms with Gasteiger partial charge in [-0.05, 0) is 12.1 Å². The molecule has 2 fully saturated rings. The standard InChI is InChI=1S/C14H16N2O4S2/c1-16-11-8-22(18,19)9-12(11)21-14(16)15-13(17)7-20-10-5-3-2-4-6-10/h2-6,11-12H,7-9H2,1H3/t11-,12-/m0/s1. The summed E-state index contributed by atoms with van der Waals surface area (Å²) < 4.78 is 28.6. The molecule has 2 aliphatic rings. The van der Waals surface area contributed by atoms with E-state index in [1.54, 1.807) is 24.1 Å². The Balaban J connectivity index is 1.60. The number of benzene rings is 1. The van der Waals surface area contributed by atoms with Gasteiger partial charge in [-0.1, -0.05) is 30.0 Å². The quantitative estimate of drug-likeness (QED) is 0.810. The van der Waals surface area contributed by atoms with E-state index >= 15 is 0 Å². The molecular weight excluding hydrogens is 324 g/mol. The van der Waals surface area contributed by atoms with Crippen molar-refractivity contribution < 1.29 is 17.9 Å². The third-order valence-electron chi connectivity index (χ3n) is 3.65. The lowest BCUT2D eigenvalue weighted by atomic mass is 10.2. The third-order valence-corrected chi connectivity index (χ3v) is 6.95. The largest absolute Gasteiger partial charge is 0.484 e. The molecule has 0 aliphatic carbocycles. The normalized spacial score (nSPS) is 27.9. The van der Waals surface area contributed by atoms with Crippen LogP contribution in [0.5, 0.6) is 5.75 Å². The van der Waals surface area contributed by atoms with Gasteiger partial charge in [0.05, 0.1) is 17.5 Å². The van der Waals surface area contributed by atoms with Crippen LogP contribution in [0.25, 0.3) is 0 Å². The van der Waals surface area contributed by atoms with Crippen LogP contribution in [0.1, 0.15) is 0 Å². The van der Waals surface area contributed by atoms with Crippen LogP contribution in [0.4, 0.5) is 0 Å². The second-order valence-electron chi connectivity index (χ2n) is 5.30. The molecule has 0 bridgehead atoms. The first-order valence-electron chi connectivity index (χ1n) is 6.84. The van der Waals surface area contributed by atoms with Gasteiger partial charge in [0, 0.05) is 12.3 Å². The molecule has 0 saturated carbocycles. The summed E-state index contributed by atoms with van der Waals surface area (Å²) in [6.07, 6.45) is 0. The number of thioether (sulfide) groups is 1. The highest BCUT2D eigenvalue weighted by atomic mass is 32.2. The fraction of sp³-hybridized carbons (Fsp3) is 0.429. The van der Waals surface area contributed by atoms with Gasteiger partial charge >= 0.3 is 0 Å². The second-order valence-corrected chi connectivity index (χ2v) is 8.66. The van der Waals surface area contributed by atoms with E-state index in [-0.39, 0.29) is 35.3 Å². The number of sulfone groups is 1. The van der Waals surface area contributed by atoms with Crippen LogP contribution in [-0.2, 0) is 14.6 Å². The topological polar surface area (TPSA) is 76.0 Å². The number of rotatable bonds is 3. The Kier molecular flexibility index (Phi) is 4.14. The molecule has 22 heavy (non-hydrogen) atoms. The molecule has 1 amide bonds. The Hall–Kier alpha value is -1.54. The van der Waals surface area contributed by atoms with Crippen LogP contribution in [0.2, 0.25) is 0 Å². The van der Waals surface area contributed by atoms with E-state index in [0.29, 0.717) is 10.9 Å². The average Bonchev–Trinajstić information content (AvgIpc) is 2.92. The van der Waals surface area contributed by atoms with E-state index in [0.717, 1.165) is 0 Å². The number of para-hydroxylation sites is 1. The summed E-state index contributed by atoms with van der Waals surface area (Å²) in [5.74, 6) is 0.530. The lowest BCUT2D eigenvalue weighted by Crippen LogP contribution is -2.34. The van der Waals surface area contributed by atoms with Crippen molar-refractivity contribution >= 4 is 32.7 Å². The molecule has 8 heteroatoms. The van der Waals surface area contributed by atoms with Gasteiger partial charge in [-0.15, -0.1) is 0 Å². The molecule has 0 unspecified atom stereocenters. The average molecular weight is 340 g/mol. The summed E-state index contributed by atoms with van der Waals surface area (Å²) in [5.41, 5.74) is 0. The molecule has 0 radical (unpaired) electrons. The molecule has 2 heterocycles. The smallest absolute Gasteiger partial charge is 0.285 e. The van der Waals surface area contributed by atoms with Crippen molar-refractivity contribution in [3.05, 3.63) is 30.3 Å². The molecule has 2 atom stereocenters. The van der Waals surface area contributed by atoms with Crippen molar-refractivity contribution in [2.24, 2.45) is 4.99 Å². The van der Waals surface area contributed by atoms with Gasteiger partial charge in [0.2, 0.25) is 0 Å². The monoisotopic (exact) mass is 340 g/mol. The molecule has 2 saturated heterocycles. The maximum absolute atomic E-state index is 11.9. The zero-order valence-electron chi connectivity index (χ0n) is 12.0. The predicted molar refractivity (Wildman–Crippen MR) is 86.0 cm³/mol. The molecule has 0 spiro atoms. The number of carbonyl (C=O) groups is 1. The summed E-state index contributed by atoms with van der Waals surface area (Å²) in [5, 5.41) is 0.545. The Morgan fingerprint density at radius 3 is 2.77 bits per heavy atom. The summed E-state index contributed by atoms with van der Waals surface area (Å²) in [4.78, 5) is 17.7. The highest BCUT2D eigenvalue weighted by molar-refractivity contribution is 8.15. The molecular formula is C14H16N2O4S2. The van der Waals surface area contributed by atoms with Gasteiger partial charge in [0.15, 0.2) is 21.6 Å². The minimum absolute atomic E-state index is 0.0309. The number of hydrogen-bond acceptors (Lipinski definition) is 5. The Morgan fingerprint density at radius 1 is 1.36 bits per heavy atom. The van der Waals surface area contributed by atoms with E-state index in [2.05, 4.69) is 4.99 Å². The Labute approximate surface area is 133 Å². The van der Waals surface area contributed by atoms with Crippen LogP contribution in [0, 0.1) is 0 Å². The first kappa shape index (κ1) is 15.4. The molecule has 1 aromatic rings. The maximum Gasteiger partial charge on any atom is 0.285 e. The van der Waals surface area contributed by atoms with Gasteiger partial charge in [0.25, 0.3) is 5.91 Å². The van der Waals surface area contributed by atoms with Crippen LogP contribution in [-0.4, -0.2) is 60.8 Å². The van der Waals surface area contributed by atoms with Crippen LogP contribution in [0.3, 0.4) is 0 Å². The molecule has 3 rings (SSSR count). The van der Waals surface area contributed by atoms with Gasteiger partial charge in [0.1, 0.15) is 5.75 Å². The number of carbonyl (C=O) groups excluding carboxylic acids is 1. The fourth-order valence-electron chi connectivity index (χ4n) is 2.54. The lowest BCUT2D eigenvalue weighted by Gasteiger charge is -2.17. The predicted octanol–water partition coefficient (Wildman–Crippen LogP) is 0.792. The van der Waals surface area contributed by atoms with Crippen LogP contribution >= 0.6 is 11.8 Å². The number of nitrogens with zero attached hydrogens (tertiary/aromatic N) is 2. The van der Waals surface area contributed by atoms with Crippen molar-refractivity contribution in [2.75, 3.05) is 25.2 Å².